The lowest BCUT2D eigenvalue weighted by Gasteiger charge is -2.20. The van der Waals surface area contributed by atoms with Crippen molar-refractivity contribution in [3.05, 3.63) is 95.3 Å². The van der Waals surface area contributed by atoms with Crippen molar-refractivity contribution in [2.75, 3.05) is 11.9 Å². The fourth-order valence-electron chi connectivity index (χ4n) is 3.01. The Balaban J connectivity index is 1.81. The highest BCUT2D eigenvalue weighted by Gasteiger charge is 2.17. The number of ketones is 1. The third kappa shape index (κ3) is 5.19. The minimum absolute atomic E-state index is 0.0380. The number of nitrogens with one attached hydrogen (secondary N) is 1. The Morgan fingerprint density at radius 2 is 1.61 bits per heavy atom. The molecule has 0 fully saturated rings. The first kappa shape index (κ1) is 19.6. The minimum atomic E-state index is -0.348. The number of ether oxygens (including phenoxy) is 1. The van der Waals surface area contributed by atoms with Crippen LogP contribution in [0.3, 0.4) is 0 Å². The second kappa shape index (κ2) is 9.18. The Morgan fingerprint density at radius 3 is 2.21 bits per heavy atom. The molecule has 3 aromatic rings. The van der Waals surface area contributed by atoms with Crippen molar-refractivity contribution in [3.63, 3.8) is 0 Å². The number of carbonyl (C=O) groups is 1. The van der Waals surface area contributed by atoms with E-state index in [1.165, 1.54) is 24.3 Å². The summed E-state index contributed by atoms with van der Waals surface area (Å²) in [5.74, 6) is 0.422. The zero-order chi connectivity index (χ0) is 19.9. The van der Waals surface area contributed by atoms with Crippen LogP contribution in [0.2, 0.25) is 0 Å². The number of carbonyl (C=O) groups excluding carboxylic acids is 1. The van der Waals surface area contributed by atoms with Crippen molar-refractivity contribution < 1.29 is 13.9 Å². The van der Waals surface area contributed by atoms with E-state index < -0.39 is 0 Å². The van der Waals surface area contributed by atoms with E-state index in [0.717, 1.165) is 22.6 Å². The van der Waals surface area contributed by atoms with Crippen LogP contribution in [0.4, 0.5) is 10.1 Å². The van der Waals surface area contributed by atoms with Gasteiger partial charge in [0.15, 0.2) is 5.78 Å². The lowest BCUT2D eigenvalue weighted by molar-refractivity contribution is 0.0976. The number of rotatable bonds is 8. The van der Waals surface area contributed by atoms with Crippen molar-refractivity contribution in [2.24, 2.45) is 0 Å². The van der Waals surface area contributed by atoms with E-state index in [9.17, 15) is 9.18 Å². The zero-order valence-corrected chi connectivity index (χ0v) is 16.1. The molecule has 0 spiro atoms. The van der Waals surface area contributed by atoms with Gasteiger partial charge >= 0.3 is 0 Å². The Kier molecular flexibility index (Phi) is 6.43. The predicted octanol–water partition coefficient (Wildman–Crippen LogP) is 5.96. The van der Waals surface area contributed by atoms with Crippen LogP contribution in [-0.2, 0) is 0 Å². The molecule has 0 heterocycles. The van der Waals surface area contributed by atoms with Crippen LogP contribution in [0.25, 0.3) is 0 Å². The number of benzene rings is 3. The maximum Gasteiger partial charge on any atom is 0.165 e. The Morgan fingerprint density at radius 1 is 0.964 bits per heavy atom. The average Bonchev–Trinajstić information content (AvgIpc) is 2.70. The molecular weight excluding hydrogens is 353 g/mol. The zero-order valence-electron chi connectivity index (χ0n) is 16.1. The van der Waals surface area contributed by atoms with Crippen molar-refractivity contribution in [1.29, 1.82) is 0 Å². The number of halogens is 1. The molecule has 0 saturated heterocycles. The van der Waals surface area contributed by atoms with Gasteiger partial charge < -0.3 is 10.1 Å². The summed E-state index contributed by atoms with van der Waals surface area (Å²) in [6.45, 7) is 4.59. The molecule has 0 aliphatic heterocycles. The molecule has 3 nitrogen and oxygen atoms in total. The van der Waals surface area contributed by atoms with Crippen LogP contribution in [0.15, 0.2) is 72.8 Å². The van der Waals surface area contributed by atoms with Gasteiger partial charge in [0.1, 0.15) is 11.6 Å². The summed E-state index contributed by atoms with van der Waals surface area (Å²) in [4.78, 5) is 12.8. The lowest BCUT2D eigenvalue weighted by atomic mass is 9.97. The molecule has 4 heteroatoms. The molecule has 0 aromatic heterocycles. The summed E-state index contributed by atoms with van der Waals surface area (Å²) in [7, 11) is 0. The summed E-state index contributed by atoms with van der Waals surface area (Å²) in [5, 5.41) is 3.45. The third-order valence-corrected chi connectivity index (χ3v) is 4.54. The van der Waals surface area contributed by atoms with Gasteiger partial charge in [-0.05, 0) is 67.9 Å². The first-order valence-electron chi connectivity index (χ1n) is 9.40. The largest absolute Gasteiger partial charge is 0.494 e. The van der Waals surface area contributed by atoms with Gasteiger partial charge in [-0.15, -0.1) is 0 Å². The Labute approximate surface area is 165 Å². The SMILES string of the molecule is CCOc1ccc(NC(CC(=O)c2ccc(F)cc2)c2ccc(C)cc2)cc1. The van der Waals surface area contributed by atoms with Crippen LogP contribution in [0.1, 0.15) is 40.9 Å². The molecule has 3 rings (SSSR count). The van der Waals surface area contributed by atoms with Gasteiger partial charge in [-0.1, -0.05) is 29.8 Å². The summed E-state index contributed by atoms with van der Waals surface area (Å²) >= 11 is 0. The molecule has 0 aliphatic rings. The highest BCUT2D eigenvalue weighted by atomic mass is 19.1. The second-order valence-electron chi connectivity index (χ2n) is 6.70. The van der Waals surface area contributed by atoms with Crippen molar-refractivity contribution in [1.82, 2.24) is 0 Å². The summed E-state index contributed by atoms with van der Waals surface area (Å²) in [6.07, 6.45) is 0.266. The predicted molar refractivity (Wildman–Crippen MR) is 111 cm³/mol. The van der Waals surface area contributed by atoms with Crippen LogP contribution < -0.4 is 10.1 Å². The maximum atomic E-state index is 13.2. The van der Waals surface area contributed by atoms with E-state index in [0.29, 0.717) is 12.2 Å². The topological polar surface area (TPSA) is 38.3 Å². The van der Waals surface area contributed by atoms with Crippen LogP contribution in [0, 0.1) is 12.7 Å². The number of aryl methyl sites for hydroxylation is 1. The molecule has 0 radical (unpaired) electrons. The summed E-state index contributed by atoms with van der Waals surface area (Å²) in [5.41, 5.74) is 3.59. The van der Waals surface area contributed by atoms with Crippen molar-refractivity contribution >= 4 is 11.5 Å². The van der Waals surface area contributed by atoms with E-state index in [1.807, 2.05) is 62.4 Å². The third-order valence-electron chi connectivity index (χ3n) is 4.54. The van der Waals surface area contributed by atoms with Gasteiger partial charge in [-0.25, -0.2) is 4.39 Å². The van der Waals surface area contributed by atoms with Gasteiger partial charge in [-0.2, -0.15) is 0 Å². The van der Waals surface area contributed by atoms with Gasteiger partial charge in [0, 0.05) is 17.7 Å². The van der Waals surface area contributed by atoms with E-state index >= 15 is 0 Å². The first-order valence-corrected chi connectivity index (χ1v) is 9.40. The number of anilines is 1. The number of hydrogen-bond acceptors (Lipinski definition) is 3. The minimum Gasteiger partial charge on any atom is -0.494 e. The monoisotopic (exact) mass is 377 g/mol. The van der Waals surface area contributed by atoms with E-state index in [1.54, 1.807) is 0 Å². The van der Waals surface area contributed by atoms with Crippen molar-refractivity contribution in [2.45, 2.75) is 26.3 Å². The van der Waals surface area contributed by atoms with Crippen molar-refractivity contribution in [3.8, 4) is 5.75 Å². The van der Waals surface area contributed by atoms with Gasteiger partial charge in [0.25, 0.3) is 0 Å². The van der Waals surface area contributed by atoms with E-state index in [2.05, 4.69) is 5.32 Å². The molecule has 0 aliphatic carbocycles. The lowest BCUT2D eigenvalue weighted by Crippen LogP contribution is -2.16. The van der Waals surface area contributed by atoms with Crippen LogP contribution >= 0.6 is 0 Å². The van der Waals surface area contributed by atoms with E-state index in [4.69, 9.17) is 4.74 Å². The van der Waals surface area contributed by atoms with Crippen LogP contribution in [0.5, 0.6) is 5.75 Å². The highest BCUT2D eigenvalue weighted by molar-refractivity contribution is 5.96. The van der Waals surface area contributed by atoms with Gasteiger partial charge in [-0.3, -0.25) is 4.79 Å². The van der Waals surface area contributed by atoms with Crippen LogP contribution in [-0.4, -0.2) is 12.4 Å². The molecule has 1 atom stereocenters. The molecule has 1 N–H and O–H groups in total. The second-order valence-corrected chi connectivity index (χ2v) is 6.70. The fraction of sp³-hybridized carbons (Fsp3) is 0.208. The average molecular weight is 377 g/mol. The molecule has 0 amide bonds. The van der Waals surface area contributed by atoms with E-state index in [-0.39, 0.29) is 24.1 Å². The fourth-order valence-corrected chi connectivity index (χ4v) is 3.01. The Bertz CT molecular complexity index is 903. The summed E-state index contributed by atoms with van der Waals surface area (Å²) in [6, 6.07) is 21.3. The normalized spacial score (nSPS) is 11.7. The number of Topliss-reactive ketones (excluding diaryl/α,β-unsaturated/α-hetero) is 1. The smallest absolute Gasteiger partial charge is 0.165 e. The van der Waals surface area contributed by atoms with Gasteiger partial charge in [0.05, 0.1) is 12.6 Å². The number of hydrogen-bond donors (Lipinski definition) is 1. The molecular formula is C24H24FNO2. The maximum absolute atomic E-state index is 13.2. The highest BCUT2D eigenvalue weighted by Crippen LogP contribution is 2.26. The molecule has 1 unspecified atom stereocenters. The molecule has 0 bridgehead atoms. The standard InChI is InChI=1S/C24H24FNO2/c1-3-28-22-14-12-21(13-15-22)26-23(18-6-4-17(2)5-7-18)16-24(27)19-8-10-20(25)11-9-19/h4-15,23,26H,3,16H2,1-2H3. The van der Waals surface area contributed by atoms with Gasteiger partial charge in [0.2, 0.25) is 0 Å². The summed E-state index contributed by atoms with van der Waals surface area (Å²) < 4.78 is 18.6. The quantitative estimate of drug-likeness (QED) is 0.492. The first-order chi connectivity index (χ1) is 13.5. The molecule has 3 aromatic carbocycles. The molecule has 144 valence electrons. The Hall–Kier alpha value is -3.14. The molecule has 0 saturated carbocycles. The molecule has 28 heavy (non-hydrogen) atoms.